The Kier molecular flexibility index (Phi) is 8.91. The van der Waals surface area contributed by atoms with Gasteiger partial charge in [-0.05, 0) is 44.2 Å². The van der Waals surface area contributed by atoms with Gasteiger partial charge in [-0.2, -0.15) is 0 Å². The molecular weight excluding hydrogens is 392 g/mol. The number of amides is 2. The largest absolute Gasteiger partial charge is 0.493 e. The summed E-state index contributed by atoms with van der Waals surface area (Å²) in [6, 6.07) is 2.86. The molecule has 2 atom stereocenters. The number of anilines is 1. The van der Waals surface area contributed by atoms with Crippen molar-refractivity contribution in [3.05, 3.63) is 17.7 Å². The first-order valence-electron chi connectivity index (χ1n) is 9.97. The van der Waals surface area contributed by atoms with E-state index in [4.69, 9.17) is 9.47 Å². The van der Waals surface area contributed by atoms with Crippen molar-refractivity contribution in [2.45, 2.75) is 51.3 Å². The number of hydrogen-bond acceptors (Lipinski definition) is 7. The van der Waals surface area contributed by atoms with E-state index in [2.05, 4.69) is 4.74 Å². The molecule has 2 rings (SSSR count). The quantitative estimate of drug-likeness (QED) is 0.250. The lowest BCUT2D eigenvalue weighted by Gasteiger charge is -2.39. The molecule has 30 heavy (non-hydrogen) atoms. The van der Waals surface area contributed by atoms with Crippen LogP contribution < -0.4 is 14.4 Å². The molecule has 9 heteroatoms. The first-order valence-corrected chi connectivity index (χ1v) is 9.97. The lowest BCUT2D eigenvalue weighted by atomic mass is 10.00. The van der Waals surface area contributed by atoms with Crippen LogP contribution in [-0.4, -0.2) is 68.4 Å². The predicted molar refractivity (Wildman–Crippen MR) is 109 cm³/mol. The fraction of sp³-hybridized carbons (Fsp3) is 0.571. The Morgan fingerprint density at radius 2 is 2.07 bits per heavy atom. The summed E-state index contributed by atoms with van der Waals surface area (Å²) in [6.45, 7) is 2.59. The molecule has 0 aliphatic carbocycles. The van der Waals surface area contributed by atoms with E-state index < -0.39 is 12.3 Å². The lowest BCUT2D eigenvalue weighted by molar-refractivity contribution is -0.140. The van der Waals surface area contributed by atoms with E-state index in [1.54, 1.807) is 19.1 Å². The number of piperidine rings is 1. The van der Waals surface area contributed by atoms with E-state index in [1.165, 1.54) is 24.0 Å². The minimum Gasteiger partial charge on any atom is -0.493 e. The van der Waals surface area contributed by atoms with Crippen LogP contribution in [0.15, 0.2) is 12.1 Å². The van der Waals surface area contributed by atoms with Gasteiger partial charge in [0.1, 0.15) is 0 Å². The Morgan fingerprint density at radius 1 is 1.30 bits per heavy atom. The number of rotatable bonds is 11. The molecule has 0 spiro atoms. The van der Waals surface area contributed by atoms with Crippen LogP contribution in [-0.2, 0) is 19.1 Å². The van der Waals surface area contributed by atoms with Crippen LogP contribution in [0.2, 0.25) is 0 Å². The molecular formula is C21H30N2O7. The van der Waals surface area contributed by atoms with Crippen molar-refractivity contribution in [1.82, 2.24) is 4.90 Å². The average Bonchev–Trinajstić information content (AvgIpc) is 2.78. The Balaban J connectivity index is 2.23. The third kappa shape index (κ3) is 5.63. The van der Waals surface area contributed by atoms with Crippen molar-refractivity contribution in [2.24, 2.45) is 0 Å². The number of aryl methyl sites for hydroxylation is 1. The molecule has 1 fully saturated rings. The third-order valence-corrected chi connectivity index (χ3v) is 5.24. The topological polar surface area (TPSA) is 106 Å². The van der Waals surface area contributed by atoms with Crippen LogP contribution in [0.3, 0.4) is 0 Å². The summed E-state index contributed by atoms with van der Waals surface area (Å²) in [5, 5.41) is 10.9. The first-order chi connectivity index (χ1) is 14.5. The second-order valence-corrected chi connectivity index (χ2v) is 7.15. The fourth-order valence-electron chi connectivity index (χ4n) is 3.58. The number of aliphatic hydroxyl groups excluding tert-OH is 1. The molecule has 1 heterocycles. The van der Waals surface area contributed by atoms with Crippen LogP contribution >= 0.6 is 0 Å². The van der Waals surface area contributed by atoms with Crippen LogP contribution in [0.25, 0.3) is 0 Å². The van der Waals surface area contributed by atoms with Crippen molar-refractivity contribution >= 4 is 24.5 Å². The van der Waals surface area contributed by atoms with Crippen molar-refractivity contribution < 1.29 is 33.7 Å². The molecule has 0 bridgehead atoms. The highest BCUT2D eigenvalue weighted by Gasteiger charge is 2.33. The minimum absolute atomic E-state index is 0.222. The van der Waals surface area contributed by atoms with Gasteiger partial charge in [0.05, 0.1) is 32.6 Å². The molecule has 1 aliphatic rings. The maximum atomic E-state index is 11.9. The molecule has 1 aliphatic heterocycles. The number of carbonyl (C=O) groups is 3. The standard InChI is InChI=1S/C21H30N2O7/c1-15-11-18(28-2)19(30-10-6-8-20(26)29-3)12-17(15)23(14-25)21(27)16-7-4-5-9-22(16)13-24/h11-14,16,21,27H,4-10H2,1-3H3. The first kappa shape index (κ1) is 23.5. The minimum atomic E-state index is -1.19. The molecule has 1 aromatic rings. The summed E-state index contributed by atoms with van der Waals surface area (Å²) < 4.78 is 15.7. The van der Waals surface area contributed by atoms with Gasteiger partial charge in [-0.3, -0.25) is 19.3 Å². The molecule has 1 N–H and O–H groups in total. The van der Waals surface area contributed by atoms with Gasteiger partial charge >= 0.3 is 5.97 Å². The van der Waals surface area contributed by atoms with E-state index in [1.807, 2.05) is 0 Å². The summed E-state index contributed by atoms with van der Waals surface area (Å²) in [5.41, 5.74) is 1.16. The Hall–Kier alpha value is -2.81. The van der Waals surface area contributed by atoms with Gasteiger partial charge < -0.3 is 24.2 Å². The number of aliphatic hydroxyl groups is 1. The van der Waals surface area contributed by atoms with Gasteiger partial charge in [-0.15, -0.1) is 0 Å². The van der Waals surface area contributed by atoms with E-state index in [0.717, 1.165) is 12.8 Å². The third-order valence-electron chi connectivity index (χ3n) is 5.24. The second-order valence-electron chi connectivity index (χ2n) is 7.15. The zero-order chi connectivity index (χ0) is 22.1. The number of carbonyl (C=O) groups excluding carboxylic acids is 3. The number of ether oxygens (including phenoxy) is 3. The van der Waals surface area contributed by atoms with Crippen LogP contribution in [0, 0.1) is 6.92 Å². The highest BCUT2D eigenvalue weighted by molar-refractivity contribution is 5.79. The molecule has 0 radical (unpaired) electrons. The molecule has 2 unspecified atom stereocenters. The molecule has 2 amide bonds. The van der Waals surface area contributed by atoms with Crippen LogP contribution in [0.4, 0.5) is 5.69 Å². The molecule has 0 saturated carbocycles. The zero-order valence-electron chi connectivity index (χ0n) is 17.7. The maximum Gasteiger partial charge on any atom is 0.305 e. The van der Waals surface area contributed by atoms with Crippen LogP contribution in [0.5, 0.6) is 11.5 Å². The number of methoxy groups -OCH3 is 2. The number of nitrogens with zero attached hydrogens (tertiary/aromatic N) is 2. The normalized spacial score (nSPS) is 17.1. The molecule has 166 valence electrons. The molecule has 9 nitrogen and oxygen atoms in total. The van der Waals surface area contributed by atoms with Crippen molar-refractivity contribution in [1.29, 1.82) is 0 Å². The molecule has 1 aromatic carbocycles. The second kappa shape index (κ2) is 11.4. The van der Waals surface area contributed by atoms with E-state index in [0.29, 0.717) is 55.0 Å². The van der Waals surface area contributed by atoms with E-state index >= 15 is 0 Å². The number of likely N-dealkylation sites (tertiary alicyclic amines) is 1. The van der Waals surface area contributed by atoms with Gasteiger partial charge in [0, 0.05) is 19.0 Å². The average molecular weight is 422 g/mol. The summed E-state index contributed by atoms with van der Waals surface area (Å²) in [4.78, 5) is 37.3. The number of hydrogen-bond donors (Lipinski definition) is 1. The van der Waals surface area contributed by atoms with Gasteiger partial charge in [0.15, 0.2) is 17.7 Å². The van der Waals surface area contributed by atoms with Crippen molar-refractivity contribution in [3.8, 4) is 11.5 Å². The van der Waals surface area contributed by atoms with Crippen molar-refractivity contribution in [3.63, 3.8) is 0 Å². The summed E-state index contributed by atoms with van der Waals surface area (Å²) in [6.07, 6.45) is 3.10. The highest BCUT2D eigenvalue weighted by Crippen LogP contribution is 2.36. The van der Waals surface area contributed by atoms with E-state index in [9.17, 15) is 19.5 Å². The number of benzene rings is 1. The van der Waals surface area contributed by atoms with Gasteiger partial charge in [-0.1, -0.05) is 0 Å². The number of esters is 1. The summed E-state index contributed by atoms with van der Waals surface area (Å²) >= 11 is 0. The highest BCUT2D eigenvalue weighted by atomic mass is 16.5. The van der Waals surface area contributed by atoms with E-state index in [-0.39, 0.29) is 19.0 Å². The summed E-state index contributed by atoms with van der Waals surface area (Å²) in [5.74, 6) is 0.539. The van der Waals surface area contributed by atoms with Gasteiger partial charge in [0.25, 0.3) is 0 Å². The summed E-state index contributed by atoms with van der Waals surface area (Å²) in [7, 11) is 2.84. The Morgan fingerprint density at radius 3 is 2.70 bits per heavy atom. The Bertz CT molecular complexity index is 740. The SMILES string of the molecule is COC(=O)CCCOc1cc(N(C=O)C(O)C2CCCCN2C=O)c(C)cc1OC. The fourth-order valence-corrected chi connectivity index (χ4v) is 3.58. The zero-order valence-corrected chi connectivity index (χ0v) is 17.7. The monoisotopic (exact) mass is 422 g/mol. The van der Waals surface area contributed by atoms with Gasteiger partial charge in [0.2, 0.25) is 12.8 Å². The van der Waals surface area contributed by atoms with Crippen LogP contribution in [0.1, 0.15) is 37.7 Å². The predicted octanol–water partition coefficient (Wildman–Crippen LogP) is 1.63. The maximum absolute atomic E-state index is 11.9. The smallest absolute Gasteiger partial charge is 0.305 e. The Labute approximate surface area is 176 Å². The lowest BCUT2D eigenvalue weighted by Crippen LogP contribution is -2.53. The molecule has 0 aromatic heterocycles. The van der Waals surface area contributed by atoms with Gasteiger partial charge in [-0.25, -0.2) is 0 Å². The molecule has 1 saturated heterocycles. The van der Waals surface area contributed by atoms with Crippen molar-refractivity contribution in [2.75, 3.05) is 32.3 Å².